The molecule has 2 fully saturated rings. The molecule has 0 aromatic rings. The van der Waals surface area contributed by atoms with E-state index >= 15 is 0 Å². The number of nitrogens with one attached hydrogen (secondary N) is 1. The Balaban J connectivity index is 1.77. The van der Waals surface area contributed by atoms with Crippen LogP contribution in [0.25, 0.3) is 0 Å². The van der Waals surface area contributed by atoms with Crippen molar-refractivity contribution in [2.45, 2.75) is 6.42 Å². The molecule has 2 saturated heterocycles. The van der Waals surface area contributed by atoms with E-state index in [9.17, 15) is 9.00 Å². The molecular formula is C11H21N3O2S. The quantitative estimate of drug-likeness (QED) is 0.682. The van der Waals surface area contributed by atoms with Gasteiger partial charge in [-0.1, -0.05) is 0 Å². The average molecular weight is 259 g/mol. The van der Waals surface area contributed by atoms with Gasteiger partial charge in [-0.15, -0.1) is 0 Å². The van der Waals surface area contributed by atoms with Crippen LogP contribution < -0.4 is 5.32 Å². The summed E-state index contributed by atoms with van der Waals surface area (Å²) in [5.41, 5.74) is 0. The molecule has 0 aromatic carbocycles. The minimum absolute atomic E-state index is 0.224. The van der Waals surface area contributed by atoms with Crippen molar-refractivity contribution >= 4 is 16.7 Å². The second-order valence-electron chi connectivity index (χ2n) is 4.61. The smallest absolute Gasteiger partial charge is 0.236 e. The van der Waals surface area contributed by atoms with Crippen molar-refractivity contribution in [3.63, 3.8) is 0 Å². The lowest BCUT2D eigenvalue weighted by atomic mass is 10.3. The van der Waals surface area contributed by atoms with Crippen LogP contribution in [0.4, 0.5) is 0 Å². The number of amides is 1. The van der Waals surface area contributed by atoms with Crippen molar-refractivity contribution in [3.8, 4) is 0 Å². The van der Waals surface area contributed by atoms with E-state index in [2.05, 4.69) is 10.2 Å². The van der Waals surface area contributed by atoms with E-state index in [-0.39, 0.29) is 5.91 Å². The highest BCUT2D eigenvalue weighted by atomic mass is 32.2. The van der Waals surface area contributed by atoms with Gasteiger partial charge in [0.25, 0.3) is 0 Å². The summed E-state index contributed by atoms with van der Waals surface area (Å²) in [7, 11) is -0.660. The van der Waals surface area contributed by atoms with Gasteiger partial charge in [0, 0.05) is 55.0 Å². The third-order valence-electron chi connectivity index (χ3n) is 3.32. The maximum Gasteiger partial charge on any atom is 0.236 e. The summed E-state index contributed by atoms with van der Waals surface area (Å²) in [6.07, 6.45) is 1.04. The fraction of sp³-hybridized carbons (Fsp3) is 0.909. The van der Waals surface area contributed by atoms with Crippen molar-refractivity contribution < 1.29 is 9.00 Å². The van der Waals surface area contributed by atoms with Crippen LogP contribution in [0, 0.1) is 0 Å². The summed E-state index contributed by atoms with van der Waals surface area (Å²) in [5, 5.41) is 3.29. The molecule has 2 rings (SSSR count). The zero-order valence-electron chi connectivity index (χ0n) is 10.2. The van der Waals surface area contributed by atoms with Gasteiger partial charge in [0.05, 0.1) is 6.54 Å². The van der Waals surface area contributed by atoms with E-state index < -0.39 is 10.8 Å². The van der Waals surface area contributed by atoms with Crippen molar-refractivity contribution in [2.75, 3.05) is 57.3 Å². The second kappa shape index (κ2) is 6.47. The predicted octanol–water partition coefficient (Wildman–Crippen LogP) is -1.13. The van der Waals surface area contributed by atoms with Crippen LogP contribution >= 0.6 is 0 Å². The van der Waals surface area contributed by atoms with Crippen LogP contribution in [0.1, 0.15) is 6.42 Å². The molecule has 1 N–H and O–H groups in total. The predicted molar refractivity (Wildman–Crippen MR) is 68.4 cm³/mol. The molecule has 0 spiro atoms. The number of carbonyl (C=O) groups excluding carboxylic acids is 1. The molecule has 5 nitrogen and oxygen atoms in total. The minimum Gasteiger partial charge on any atom is -0.340 e. The first-order valence-electron chi connectivity index (χ1n) is 6.31. The molecule has 0 unspecified atom stereocenters. The monoisotopic (exact) mass is 259 g/mol. The van der Waals surface area contributed by atoms with Gasteiger partial charge in [-0.2, -0.15) is 0 Å². The van der Waals surface area contributed by atoms with Crippen molar-refractivity contribution in [1.29, 1.82) is 0 Å². The van der Waals surface area contributed by atoms with Gasteiger partial charge in [0.15, 0.2) is 0 Å². The molecular weight excluding hydrogens is 238 g/mol. The number of hydrogen-bond donors (Lipinski definition) is 1. The minimum atomic E-state index is -0.660. The number of carbonyl (C=O) groups is 1. The van der Waals surface area contributed by atoms with Gasteiger partial charge in [-0.3, -0.25) is 13.9 Å². The van der Waals surface area contributed by atoms with E-state index in [1.54, 1.807) is 0 Å². The molecule has 0 aliphatic carbocycles. The normalized spacial score (nSPS) is 24.6. The Hall–Kier alpha value is -0.460. The summed E-state index contributed by atoms with van der Waals surface area (Å²) < 4.78 is 11.2. The lowest BCUT2D eigenvalue weighted by molar-refractivity contribution is -0.132. The largest absolute Gasteiger partial charge is 0.340 e. The van der Waals surface area contributed by atoms with E-state index in [1.807, 2.05) is 4.90 Å². The molecule has 6 heteroatoms. The molecule has 1 amide bonds. The van der Waals surface area contributed by atoms with Crippen molar-refractivity contribution in [3.05, 3.63) is 0 Å². The lowest BCUT2D eigenvalue weighted by Crippen LogP contribution is -2.46. The maximum absolute atomic E-state index is 12.1. The Morgan fingerprint density at radius 3 is 2.65 bits per heavy atom. The number of hydrogen-bond acceptors (Lipinski definition) is 4. The Labute approximate surface area is 105 Å². The molecule has 0 radical (unpaired) electrons. The Morgan fingerprint density at radius 2 is 1.88 bits per heavy atom. The Morgan fingerprint density at radius 1 is 1.12 bits per heavy atom. The van der Waals surface area contributed by atoms with Gasteiger partial charge < -0.3 is 10.2 Å². The van der Waals surface area contributed by atoms with Crippen molar-refractivity contribution in [1.82, 2.24) is 15.1 Å². The Bertz CT molecular complexity index is 280. The van der Waals surface area contributed by atoms with Crippen LogP contribution in [0.2, 0.25) is 0 Å². The molecule has 0 bridgehead atoms. The van der Waals surface area contributed by atoms with Gasteiger partial charge in [-0.05, 0) is 13.0 Å². The first-order valence-corrected chi connectivity index (χ1v) is 7.80. The average Bonchev–Trinajstić information content (AvgIpc) is 2.61. The third kappa shape index (κ3) is 4.04. The summed E-state index contributed by atoms with van der Waals surface area (Å²) in [6.45, 7) is 5.68. The van der Waals surface area contributed by atoms with Gasteiger partial charge in [0.2, 0.25) is 5.91 Å². The first-order chi connectivity index (χ1) is 8.25. The van der Waals surface area contributed by atoms with Crippen LogP contribution in [0.5, 0.6) is 0 Å². The van der Waals surface area contributed by atoms with Gasteiger partial charge >= 0.3 is 0 Å². The van der Waals surface area contributed by atoms with E-state index in [0.717, 1.165) is 57.2 Å². The van der Waals surface area contributed by atoms with E-state index in [0.29, 0.717) is 6.54 Å². The summed E-state index contributed by atoms with van der Waals surface area (Å²) >= 11 is 0. The zero-order valence-corrected chi connectivity index (χ0v) is 11.0. The van der Waals surface area contributed by atoms with Crippen LogP contribution in [-0.4, -0.2) is 77.2 Å². The van der Waals surface area contributed by atoms with Crippen LogP contribution in [0.15, 0.2) is 0 Å². The zero-order chi connectivity index (χ0) is 12.1. The van der Waals surface area contributed by atoms with Crippen LogP contribution in [-0.2, 0) is 15.6 Å². The lowest BCUT2D eigenvalue weighted by Gasteiger charge is -2.28. The standard InChI is InChI=1S/C11H21N3O2S/c15-11(14-4-1-2-12-3-5-14)10-13-6-8-17(16)9-7-13/h12H,1-10H2. The highest BCUT2D eigenvalue weighted by Gasteiger charge is 2.21. The first kappa shape index (κ1) is 13.0. The molecule has 98 valence electrons. The number of nitrogens with zero attached hydrogens (tertiary/aromatic N) is 2. The van der Waals surface area contributed by atoms with Crippen molar-refractivity contribution in [2.24, 2.45) is 0 Å². The van der Waals surface area contributed by atoms with E-state index in [4.69, 9.17) is 0 Å². The maximum atomic E-state index is 12.1. The number of rotatable bonds is 2. The fourth-order valence-electron chi connectivity index (χ4n) is 2.22. The molecule has 2 aliphatic rings. The fourth-order valence-corrected chi connectivity index (χ4v) is 3.35. The van der Waals surface area contributed by atoms with Gasteiger partial charge in [-0.25, -0.2) is 0 Å². The summed E-state index contributed by atoms with van der Waals surface area (Å²) in [5.74, 6) is 1.66. The highest BCUT2D eigenvalue weighted by Crippen LogP contribution is 2.02. The molecule has 2 heterocycles. The molecule has 2 aliphatic heterocycles. The Kier molecular flexibility index (Phi) is 4.94. The molecule has 0 atom stereocenters. The summed E-state index contributed by atoms with van der Waals surface area (Å²) in [4.78, 5) is 16.2. The second-order valence-corrected chi connectivity index (χ2v) is 6.30. The third-order valence-corrected chi connectivity index (χ3v) is 4.60. The highest BCUT2D eigenvalue weighted by molar-refractivity contribution is 7.85. The topological polar surface area (TPSA) is 52.7 Å². The molecule has 0 aromatic heterocycles. The van der Waals surface area contributed by atoms with E-state index in [1.165, 1.54) is 0 Å². The molecule has 0 saturated carbocycles. The summed E-state index contributed by atoms with van der Waals surface area (Å²) in [6, 6.07) is 0. The van der Waals surface area contributed by atoms with Crippen LogP contribution in [0.3, 0.4) is 0 Å². The van der Waals surface area contributed by atoms with Gasteiger partial charge in [0.1, 0.15) is 0 Å². The SMILES string of the molecule is O=C(CN1CCS(=O)CC1)N1CCCNCC1. The molecule has 17 heavy (non-hydrogen) atoms.